The van der Waals surface area contributed by atoms with Crippen LogP contribution in [0, 0.1) is 12.3 Å². The molecule has 2 nitrogen and oxygen atoms in total. The zero-order chi connectivity index (χ0) is 11.6. The van der Waals surface area contributed by atoms with Crippen LogP contribution in [0.1, 0.15) is 5.56 Å². The molecule has 0 aliphatic heterocycles. The van der Waals surface area contributed by atoms with E-state index in [0.29, 0.717) is 0 Å². The minimum Gasteiger partial charge on any atom is -0.405 e. The van der Waals surface area contributed by atoms with Crippen LogP contribution in [0.5, 0.6) is 5.75 Å². The number of rotatable bonds is 1. The van der Waals surface area contributed by atoms with E-state index in [-0.39, 0.29) is 15.7 Å². The van der Waals surface area contributed by atoms with Gasteiger partial charge in [0, 0.05) is 5.69 Å². The minimum absolute atomic E-state index is 0.0938. The number of terminal acetylenes is 1. The highest BCUT2D eigenvalue weighted by Gasteiger charge is 2.32. The maximum Gasteiger partial charge on any atom is 0.573 e. The topological polar surface area (TPSA) is 35.2 Å². The van der Waals surface area contributed by atoms with Crippen molar-refractivity contribution in [1.82, 2.24) is 0 Å². The van der Waals surface area contributed by atoms with Crippen molar-refractivity contribution in [2.45, 2.75) is 6.36 Å². The number of alkyl halides is 3. The summed E-state index contributed by atoms with van der Waals surface area (Å²) < 4.78 is 39.6. The summed E-state index contributed by atoms with van der Waals surface area (Å²) in [7, 11) is 0. The second-order valence-electron chi connectivity index (χ2n) is 2.56. The van der Waals surface area contributed by atoms with Crippen LogP contribution in [0.3, 0.4) is 0 Å². The zero-order valence-electron chi connectivity index (χ0n) is 7.23. The Morgan fingerprint density at radius 2 is 2.00 bits per heavy atom. The van der Waals surface area contributed by atoms with Gasteiger partial charge in [-0.15, -0.1) is 19.6 Å². The maximum absolute atomic E-state index is 11.9. The van der Waals surface area contributed by atoms with Gasteiger partial charge in [0.1, 0.15) is 5.75 Å². The van der Waals surface area contributed by atoms with Gasteiger partial charge < -0.3 is 10.5 Å². The molecule has 80 valence electrons. The summed E-state index contributed by atoms with van der Waals surface area (Å²) in [5.41, 5.74) is 5.81. The van der Waals surface area contributed by atoms with Gasteiger partial charge in [0.15, 0.2) is 0 Å². The van der Waals surface area contributed by atoms with E-state index in [0.717, 1.165) is 6.07 Å². The van der Waals surface area contributed by atoms with Crippen molar-refractivity contribution in [2.24, 2.45) is 0 Å². The molecule has 0 spiro atoms. The molecule has 15 heavy (non-hydrogen) atoms. The molecule has 0 aliphatic carbocycles. The van der Waals surface area contributed by atoms with Crippen molar-refractivity contribution in [1.29, 1.82) is 0 Å². The highest BCUT2D eigenvalue weighted by molar-refractivity contribution is 9.10. The highest BCUT2D eigenvalue weighted by Crippen LogP contribution is 2.33. The van der Waals surface area contributed by atoms with Crippen molar-refractivity contribution in [2.75, 3.05) is 5.73 Å². The summed E-state index contributed by atoms with van der Waals surface area (Å²) >= 11 is 2.89. The largest absolute Gasteiger partial charge is 0.573 e. The molecule has 0 radical (unpaired) electrons. The van der Waals surface area contributed by atoms with Gasteiger partial charge in [0.25, 0.3) is 0 Å². The third-order valence-electron chi connectivity index (χ3n) is 1.49. The molecular weight excluding hydrogens is 275 g/mol. The average Bonchev–Trinajstić information content (AvgIpc) is 2.07. The van der Waals surface area contributed by atoms with Gasteiger partial charge in [-0.3, -0.25) is 0 Å². The molecular formula is C9H5BrF3NO. The van der Waals surface area contributed by atoms with Crippen molar-refractivity contribution in [3.63, 3.8) is 0 Å². The predicted molar refractivity (Wildman–Crippen MR) is 53.2 cm³/mol. The number of hydrogen-bond acceptors (Lipinski definition) is 2. The lowest BCUT2D eigenvalue weighted by Crippen LogP contribution is -2.17. The molecule has 2 N–H and O–H groups in total. The van der Waals surface area contributed by atoms with Crippen LogP contribution in [0.4, 0.5) is 18.9 Å². The van der Waals surface area contributed by atoms with Crippen molar-refractivity contribution < 1.29 is 17.9 Å². The van der Waals surface area contributed by atoms with Crippen LogP contribution in [0.15, 0.2) is 16.6 Å². The molecule has 1 rings (SSSR count). The normalized spacial score (nSPS) is 10.9. The standard InChI is InChI=1S/C9H5BrF3NO/c1-2-5-3-8(15-9(11,12)13)6(10)4-7(5)14/h1,3-4H,14H2. The molecule has 1 aromatic carbocycles. The van der Waals surface area contributed by atoms with Crippen LogP contribution in [0.2, 0.25) is 0 Å². The van der Waals surface area contributed by atoms with Crippen LogP contribution < -0.4 is 10.5 Å². The molecule has 0 amide bonds. The fraction of sp³-hybridized carbons (Fsp3) is 0.111. The lowest BCUT2D eigenvalue weighted by Gasteiger charge is -2.11. The Bertz CT molecular complexity index is 423. The Morgan fingerprint density at radius 1 is 1.40 bits per heavy atom. The molecule has 0 unspecified atom stereocenters. The van der Waals surface area contributed by atoms with Crippen LogP contribution in [0.25, 0.3) is 0 Å². The number of nitrogens with two attached hydrogens (primary N) is 1. The zero-order valence-corrected chi connectivity index (χ0v) is 8.82. The number of ether oxygens (including phenoxy) is 1. The summed E-state index contributed by atoms with van der Waals surface area (Å²) in [5.74, 6) is 1.74. The predicted octanol–water partition coefficient (Wildman–Crippen LogP) is 2.91. The SMILES string of the molecule is C#Cc1cc(OC(F)(F)F)c(Br)cc1N. The van der Waals surface area contributed by atoms with Crippen molar-refractivity contribution in [3.05, 3.63) is 22.2 Å². The highest BCUT2D eigenvalue weighted by atomic mass is 79.9. The molecule has 0 fully saturated rings. The van der Waals surface area contributed by atoms with Crippen molar-refractivity contribution >= 4 is 21.6 Å². The van der Waals surface area contributed by atoms with E-state index in [1.54, 1.807) is 0 Å². The summed E-state index contributed by atoms with van der Waals surface area (Å²) in [6.45, 7) is 0. The number of anilines is 1. The molecule has 1 aromatic rings. The van der Waals surface area contributed by atoms with Gasteiger partial charge >= 0.3 is 6.36 Å². The van der Waals surface area contributed by atoms with E-state index in [1.807, 2.05) is 0 Å². The first-order chi connectivity index (χ1) is 6.83. The van der Waals surface area contributed by atoms with Crippen molar-refractivity contribution in [3.8, 4) is 18.1 Å². The number of benzene rings is 1. The molecule has 6 heteroatoms. The molecule has 0 aliphatic rings. The Hall–Kier alpha value is -1.35. The fourth-order valence-electron chi connectivity index (χ4n) is 0.897. The minimum atomic E-state index is -4.76. The van der Waals surface area contributed by atoms with Gasteiger partial charge in [-0.1, -0.05) is 5.92 Å². The number of halogens is 4. The number of hydrogen-bond donors (Lipinski definition) is 1. The molecule has 0 heterocycles. The lowest BCUT2D eigenvalue weighted by molar-refractivity contribution is -0.274. The second kappa shape index (κ2) is 4.03. The summed E-state index contributed by atoms with van der Waals surface area (Å²) in [6.07, 6.45) is 0.292. The Morgan fingerprint density at radius 3 is 2.47 bits per heavy atom. The van der Waals surface area contributed by atoms with Crippen LogP contribution in [-0.2, 0) is 0 Å². The number of nitrogen functional groups attached to an aromatic ring is 1. The first kappa shape index (κ1) is 11.7. The van der Waals surface area contributed by atoms with Gasteiger partial charge in [-0.2, -0.15) is 0 Å². The van der Waals surface area contributed by atoms with E-state index in [1.165, 1.54) is 6.07 Å². The summed E-state index contributed by atoms with van der Waals surface area (Å²) in [4.78, 5) is 0. The third kappa shape index (κ3) is 3.06. The van der Waals surface area contributed by atoms with Gasteiger partial charge in [-0.05, 0) is 28.1 Å². The first-order valence-corrected chi connectivity index (χ1v) is 4.44. The molecule has 0 aromatic heterocycles. The quantitative estimate of drug-likeness (QED) is 0.634. The third-order valence-corrected chi connectivity index (χ3v) is 2.10. The molecule has 0 atom stereocenters. The van der Waals surface area contributed by atoms with E-state index in [9.17, 15) is 13.2 Å². The molecule has 0 saturated carbocycles. The fourth-order valence-corrected chi connectivity index (χ4v) is 1.34. The Labute approximate surface area is 92.3 Å². The average molecular weight is 280 g/mol. The molecule has 0 bridgehead atoms. The van der Waals surface area contributed by atoms with Crippen LogP contribution in [-0.4, -0.2) is 6.36 Å². The monoisotopic (exact) mass is 279 g/mol. The van der Waals surface area contributed by atoms with Gasteiger partial charge in [0.2, 0.25) is 0 Å². The van der Waals surface area contributed by atoms with Gasteiger partial charge in [0.05, 0.1) is 10.0 Å². The van der Waals surface area contributed by atoms with Crippen LogP contribution >= 0.6 is 15.9 Å². The summed E-state index contributed by atoms with van der Waals surface area (Å²) in [5, 5.41) is 0. The molecule has 0 saturated heterocycles. The first-order valence-electron chi connectivity index (χ1n) is 3.65. The van der Waals surface area contributed by atoms with E-state index in [4.69, 9.17) is 12.2 Å². The summed E-state index contributed by atoms with van der Waals surface area (Å²) in [6, 6.07) is 2.31. The maximum atomic E-state index is 11.9. The Balaban J connectivity index is 3.15. The van der Waals surface area contributed by atoms with E-state index in [2.05, 4.69) is 26.6 Å². The lowest BCUT2D eigenvalue weighted by atomic mass is 10.2. The Kier molecular flexibility index (Phi) is 3.15. The van der Waals surface area contributed by atoms with E-state index < -0.39 is 12.1 Å². The smallest absolute Gasteiger partial charge is 0.405 e. The van der Waals surface area contributed by atoms with Gasteiger partial charge in [-0.25, -0.2) is 0 Å². The van der Waals surface area contributed by atoms with E-state index >= 15 is 0 Å². The second-order valence-corrected chi connectivity index (χ2v) is 3.42.